The maximum Gasteiger partial charge on any atom is 0.416 e. The van der Waals surface area contributed by atoms with E-state index in [0.717, 1.165) is 12.1 Å². The van der Waals surface area contributed by atoms with Gasteiger partial charge in [0.2, 0.25) is 5.78 Å². The first-order valence-electron chi connectivity index (χ1n) is 8.91. The van der Waals surface area contributed by atoms with Gasteiger partial charge in [-0.25, -0.2) is 0 Å². The Morgan fingerprint density at radius 1 is 0.867 bits per heavy atom. The molecule has 0 radical (unpaired) electrons. The summed E-state index contributed by atoms with van der Waals surface area (Å²) in [7, 11) is 3.54. The van der Waals surface area contributed by atoms with Gasteiger partial charge in [0.1, 0.15) is 0 Å². The number of nitrogens with zero attached hydrogens (tertiary/aromatic N) is 1. The minimum absolute atomic E-state index is 0.285. The Morgan fingerprint density at radius 3 is 1.97 bits per heavy atom. The maximum absolute atomic E-state index is 14.9. The molecule has 0 saturated carbocycles. The van der Waals surface area contributed by atoms with Gasteiger partial charge in [-0.2, -0.15) is 22.0 Å². The van der Waals surface area contributed by atoms with E-state index < -0.39 is 35.1 Å². The largest absolute Gasteiger partial charge is 0.416 e. The van der Waals surface area contributed by atoms with Gasteiger partial charge in [0, 0.05) is 30.7 Å². The molecule has 3 aromatic carbocycles. The van der Waals surface area contributed by atoms with Crippen molar-refractivity contribution in [3.05, 3.63) is 77.4 Å². The second-order valence-electron chi connectivity index (χ2n) is 7.05. The van der Waals surface area contributed by atoms with E-state index in [1.54, 1.807) is 37.2 Å². The predicted octanol–water partition coefficient (Wildman–Crippen LogP) is 5.48. The summed E-state index contributed by atoms with van der Waals surface area (Å²) in [5, 5.41) is 11.0. The van der Waals surface area contributed by atoms with E-state index in [4.69, 9.17) is 0 Å². The average Bonchev–Trinajstić information content (AvgIpc) is 2.71. The lowest BCUT2D eigenvalue weighted by atomic mass is 9.92. The van der Waals surface area contributed by atoms with E-state index in [-0.39, 0.29) is 10.9 Å². The van der Waals surface area contributed by atoms with Crippen LogP contribution in [0.1, 0.15) is 27.6 Å². The summed E-state index contributed by atoms with van der Waals surface area (Å²) in [6.45, 7) is 0. The molecule has 0 fully saturated rings. The summed E-state index contributed by atoms with van der Waals surface area (Å²) in [5.74, 6) is -5.86. The van der Waals surface area contributed by atoms with E-state index in [0.29, 0.717) is 23.2 Å². The maximum atomic E-state index is 14.9. The Bertz CT molecular complexity index is 1080. The molecule has 3 rings (SSSR count). The number of fused-ring (bicyclic) bond motifs is 1. The van der Waals surface area contributed by atoms with Crippen LogP contribution in [0.2, 0.25) is 0 Å². The van der Waals surface area contributed by atoms with Gasteiger partial charge in [-0.15, -0.1) is 0 Å². The fraction of sp³-hybridized carbons (Fsp3) is 0.227. The number of rotatable bonds is 5. The number of ketones is 1. The van der Waals surface area contributed by atoms with Crippen molar-refractivity contribution >= 4 is 22.2 Å². The smallest absolute Gasteiger partial charge is 0.382 e. The van der Waals surface area contributed by atoms with Gasteiger partial charge < -0.3 is 10.0 Å². The third kappa shape index (κ3) is 3.87. The Balaban J connectivity index is 2.01. The molecule has 0 saturated heterocycles. The van der Waals surface area contributed by atoms with Gasteiger partial charge in [0.05, 0.1) is 5.56 Å². The lowest BCUT2D eigenvalue weighted by Gasteiger charge is -2.23. The zero-order valence-corrected chi connectivity index (χ0v) is 16.0. The highest BCUT2D eigenvalue weighted by atomic mass is 19.4. The van der Waals surface area contributed by atoms with E-state index in [1.165, 1.54) is 18.2 Å². The van der Waals surface area contributed by atoms with Crippen molar-refractivity contribution in [1.29, 1.82) is 0 Å². The number of hydrogen-bond acceptors (Lipinski definition) is 3. The van der Waals surface area contributed by atoms with E-state index in [1.807, 2.05) is 0 Å². The van der Waals surface area contributed by atoms with Crippen LogP contribution in [0.5, 0.6) is 0 Å². The predicted molar refractivity (Wildman–Crippen MR) is 104 cm³/mol. The van der Waals surface area contributed by atoms with Crippen molar-refractivity contribution in [1.82, 2.24) is 0 Å². The molecule has 1 N–H and O–H groups in total. The molecule has 0 aromatic heterocycles. The summed E-state index contributed by atoms with van der Waals surface area (Å²) in [4.78, 5) is 14.5. The first-order valence-corrected chi connectivity index (χ1v) is 8.91. The van der Waals surface area contributed by atoms with Crippen LogP contribution in [-0.4, -0.2) is 30.9 Å². The van der Waals surface area contributed by atoms with Crippen LogP contribution >= 0.6 is 0 Å². The van der Waals surface area contributed by atoms with Crippen molar-refractivity contribution in [2.75, 3.05) is 19.0 Å². The molecule has 0 heterocycles. The van der Waals surface area contributed by atoms with Crippen LogP contribution in [-0.2, 0) is 6.18 Å². The van der Waals surface area contributed by atoms with Crippen molar-refractivity contribution < 1.29 is 31.9 Å². The molecule has 30 heavy (non-hydrogen) atoms. The van der Waals surface area contributed by atoms with Gasteiger partial charge in [0.25, 0.3) is 0 Å². The summed E-state index contributed by atoms with van der Waals surface area (Å²) in [6, 6.07) is 11.9. The van der Waals surface area contributed by atoms with Gasteiger partial charge in [-0.1, -0.05) is 36.4 Å². The van der Waals surface area contributed by atoms with Gasteiger partial charge in [0.15, 0.2) is 6.10 Å². The number of anilines is 1. The van der Waals surface area contributed by atoms with Crippen LogP contribution in [0, 0.1) is 0 Å². The van der Waals surface area contributed by atoms with Gasteiger partial charge >= 0.3 is 12.1 Å². The second kappa shape index (κ2) is 7.68. The highest BCUT2D eigenvalue weighted by Crippen LogP contribution is 2.38. The zero-order valence-electron chi connectivity index (χ0n) is 16.0. The molecular weight excluding hydrogens is 405 g/mol. The number of aliphatic hydroxyl groups excluding tert-OH is 1. The number of benzene rings is 3. The van der Waals surface area contributed by atoms with Crippen LogP contribution in [0.15, 0.2) is 60.7 Å². The summed E-state index contributed by atoms with van der Waals surface area (Å²) in [5.41, 5.74) is -1.10. The first kappa shape index (κ1) is 21.7. The van der Waals surface area contributed by atoms with Crippen LogP contribution in [0.4, 0.5) is 27.6 Å². The fourth-order valence-electron chi connectivity index (χ4n) is 3.24. The van der Waals surface area contributed by atoms with Gasteiger partial charge in [-0.3, -0.25) is 4.79 Å². The van der Waals surface area contributed by atoms with Crippen LogP contribution in [0.25, 0.3) is 10.8 Å². The number of carbonyl (C=O) groups excluding carboxylic acids is 1. The number of halogens is 5. The fourth-order valence-corrected chi connectivity index (χ4v) is 3.24. The summed E-state index contributed by atoms with van der Waals surface area (Å²) in [6.07, 6.45) is -7.24. The number of aliphatic hydroxyl groups is 1. The summed E-state index contributed by atoms with van der Waals surface area (Å²) < 4.78 is 67.8. The van der Waals surface area contributed by atoms with E-state index in [2.05, 4.69) is 0 Å². The molecule has 3 nitrogen and oxygen atoms in total. The lowest BCUT2D eigenvalue weighted by Crippen LogP contribution is -2.36. The highest BCUT2D eigenvalue weighted by molar-refractivity contribution is 6.14. The Hall–Kier alpha value is -3.00. The number of carbonyl (C=O) groups is 1. The Morgan fingerprint density at radius 2 is 1.43 bits per heavy atom. The second-order valence-corrected chi connectivity index (χ2v) is 7.05. The SMILES string of the molecule is CN(C)c1ccc(C(=O)C(F)(F)C(O)c2ccc(C(F)(F)F)cc2)c2ccccc12. The molecule has 0 bridgehead atoms. The summed E-state index contributed by atoms with van der Waals surface area (Å²) >= 11 is 0. The van der Waals surface area contributed by atoms with Crippen molar-refractivity contribution in [2.24, 2.45) is 0 Å². The molecule has 0 aliphatic carbocycles. The normalized spacial score (nSPS) is 13.3. The standard InChI is InChI=1S/C22H18F5NO2/c1-28(2)18-12-11-17(15-5-3-4-6-16(15)18)20(30)21(23,24)19(29)13-7-9-14(10-8-13)22(25,26)27/h3-12,19,29H,1-2H3. The van der Waals surface area contributed by atoms with Crippen LogP contribution in [0.3, 0.4) is 0 Å². The Labute approximate surface area is 169 Å². The van der Waals surface area contributed by atoms with Crippen molar-refractivity contribution in [3.63, 3.8) is 0 Å². The third-order valence-corrected chi connectivity index (χ3v) is 4.83. The average molecular weight is 423 g/mol. The molecule has 158 valence electrons. The number of hydrogen-bond donors (Lipinski definition) is 1. The highest BCUT2D eigenvalue weighted by Gasteiger charge is 2.48. The molecule has 0 aliphatic rings. The number of Topliss-reactive ketones (excluding diaryl/α,β-unsaturated/α-hetero) is 1. The van der Waals surface area contributed by atoms with Crippen molar-refractivity contribution in [2.45, 2.75) is 18.2 Å². The minimum Gasteiger partial charge on any atom is -0.382 e. The lowest BCUT2D eigenvalue weighted by molar-refractivity contribution is -0.137. The molecule has 0 spiro atoms. The van der Waals surface area contributed by atoms with E-state index >= 15 is 0 Å². The minimum atomic E-state index is -4.64. The molecule has 0 amide bonds. The van der Waals surface area contributed by atoms with Crippen LogP contribution < -0.4 is 4.90 Å². The van der Waals surface area contributed by atoms with E-state index in [9.17, 15) is 31.9 Å². The van der Waals surface area contributed by atoms with Crippen molar-refractivity contribution in [3.8, 4) is 0 Å². The zero-order chi connectivity index (χ0) is 22.3. The monoisotopic (exact) mass is 423 g/mol. The molecule has 0 aliphatic heterocycles. The third-order valence-electron chi connectivity index (χ3n) is 4.83. The van der Waals surface area contributed by atoms with Gasteiger partial charge in [-0.05, 0) is 35.2 Å². The molecule has 1 unspecified atom stereocenters. The first-order chi connectivity index (χ1) is 13.9. The quantitative estimate of drug-likeness (QED) is 0.437. The molecular formula is C22H18F5NO2. The number of alkyl halides is 5. The topological polar surface area (TPSA) is 40.5 Å². The Kier molecular flexibility index (Phi) is 5.56. The molecule has 3 aromatic rings. The molecule has 1 atom stereocenters. The molecule has 8 heteroatoms.